The van der Waals surface area contributed by atoms with E-state index in [1.54, 1.807) is 0 Å². The number of hydrogen-bond acceptors (Lipinski definition) is 2. The van der Waals surface area contributed by atoms with Crippen LogP contribution in [0.2, 0.25) is 0 Å². The smallest absolute Gasteiger partial charge is 0.298 e. The lowest BCUT2D eigenvalue weighted by Gasteiger charge is -2.06. The zero-order chi connectivity index (χ0) is 14.1. The molecule has 0 amide bonds. The summed E-state index contributed by atoms with van der Waals surface area (Å²) in [5, 5.41) is 0. The second-order valence-electron chi connectivity index (χ2n) is 2.51. The second-order valence-corrected chi connectivity index (χ2v) is 2.51. The summed E-state index contributed by atoms with van der Waals surface area (Å²) in [6, 6.07) is 0.787. The van der Waals surface area contributed by atoms with Gasteiger partial charge >= 0.3 is 6.18 Å². The van der Waals surface area contributed by atoms with Crippen molar-refractivity contribution in [3.05, 3.63) is 29.1 Å². The lowest BCUT2D eigenvalue weighted by molar-refractivity contribution is -0.137. The molecule has 0 atom stereocenters. The van der Waals surface area contributed by atoms with Crippen molar-refractivity contribution < 1.29 is 18.0 Å². The van der Waals surface area contributed by atoms with E-state index in [4.69, 9.17) is 0 Å². The highest BCUT2D eigenvalue weighted by Gasteiger charge is 2.31. The van der Waals surface area contributed by atoms with E-state index < -0.39 is 11.7 Å². The third kappa shape index (κ3) is 6.04. The number of pyridine rings is 1. The second kappa shape index (κ2) is 8.73. The van der Waals surface area contributed by atoms with E-state index in [-0.39, 0.29) is 5.56 Å². The van der Waals surface area contributed by atoms with E-state index in [0.717, 1.165) is 6.07 Å². The largest absolute Gasteiger partial charge is 0.417 e. The van der Waals surface area contributed by atoms with Crippen LogP contribution < -0.4 is 0 Å². The molecular formula is C12H18F3NO. The molecule has 0 spiro atoms. The van der Waals surface area contributed by atoms with Gasteiger partial charge in [-0.1, -0.05) is 27.7 Å². The van der Waals surface area contributed by atoms with Crippen LogP contribution in [-0.2, 0) is 6.18 Å². The molecule has 0 aliphatic carbocycles. The Morgan fingerprint density at radius 1 is 1.18 bits per heavy atom. The predicted octanol–water partition coefficient (Wildman–Crippen LogP) is 4.27. The van der Waals surface area contributed by atoms with Gasteiger partial charge in [-0.25, -0.2) is 0 Å². The molecule has 1 heterocycles. The minimum Gasteiger partial charge on any atom is -0.298 e. The van der Waals surface area contributed by atoms with Crippen molar-refractivity contribution in [3.8, 4) is 0 Å². The first kappa shape index (κ1) is 18.0. The van der Waals surface area contributed by atoms with E-state index in [0.29, 0.717) is 18.2 Å². The molecule has 17 heavy (non-hydrogen) atoms. The molecule has 1 rings (SSSR count). The third-order valence-corrected chi connectivity index (χ3v) is 1.58. The van der Waals surface area contributed by atoms with Crippen LogP contribution in [0.25, 0.3) is 0 Å². The van der Waals surface area contributed by atoms with Crippen molar-refractivity contribution in [2.45, 2.75) is 40.8 Å². The van der Waals surface area contributed by atoms with Crippen LogP contribution in [0.4, 0.5) is 13.2 Å². The van der Waals surface area contributed by atoms with E-state index in [9.17, 15) is 18.0 Å². The molecule has 0 saturated carbocycles. The quantitative estimate of drug-likeness (QED) is 0.695. The Labute approximate surface area is 99.9 Å². The predicted molar refractivity (Wildman–Crippen MR) is 62.1 cm³/mol. The molecular weight excluding hydrogens is 231 g/mol. The Bertz CT molecular complexity index is 335. The highest BCUT2D eigenvalue weighted by molar-refractivity contribution is 5.76. The highest BCUT2D eigenvalue weighted by atomic mass is 19.4. The number of carbonyl (C=O) groups is 1. The maximum absolute atomic E-state index is 12.1. The normalized spacial score (nSPS) is 9.41. The number of aryl methyl sites for hydroxylation is 1. The van der Waals surface area contributed by atoms with Crippen molar-refractivity contribution in [3.63, 3.8) is 0 Å². The van der Waals surface area contributed by atoms with Gasteiger partial charge in [-0.05, 0) is 13.0 Å². The van der Waals surface area contributed by atoms with Crippen molar-refractivity contribution in [1.29, 1.82) is 0 Å². The van der Waals surface area contributed by atoms with Crippen LogP contribution in [0.5, 0.6) is 0 Å². The van der Waals surface area contributed by atoms with Crippen LogP contribution in [0, 0.1) is 6.92 Å². The van der Waals surface area contributed by atoms with E-state index >= 15 is 0 Å². The molecule has 0 fully saturated rings. The Hall–Kier alpha value is -1.39. The first-order chi connectivity index (χ1) is 7.95. The molecule has 0 aromatic carbocycles. The van der Waals surface area contributed by atoms with Gasteiger partial charge in [0, 0.05) is 17.5 Å². The SMILES string of the molecule is CC.CC.Cc1ncc(C(F)(F)F)cc1C=O. The number of aldehydes is 1. The van der Waals surface area contributed by atoms with Gasteiger partial charge < -0.3 is 0 Å². The van der Waals surface area contributed by atoms with Gasteiger partial charge in [-0.2, -0.15) is 13.2 Å². The molecule has 98 valence electrons. The molecule has 0 saturated heterocycles. The lowest BCUT2D eigenvalue weighted by atomic mass is 10.1. The molecule has 1 aromatic rings. The summed E-state index contributed by atoms with van der Waals surface area (Å²) in [4.78, 5) is 13.8. The number of rotatable bonds is 1. The molecule has 0 unspecified atom stereocenters. The Morgan fingerprint density at radius 2 is 1.65 bits per heavy atom. The number of nitrogens with zero attached hydrogens (tertiary/aromatic N) is 1. The van der Waals surface area contributed by atoms with Gasteiger partial charge in [0.05, 0.1) is 5.56 Å². The number of halogens is 3. The van der Waals surface area contributed by atoms with Gasteiger partial charge in [0.2, 0.25) is 0 Å². The number of aromatic nitrogens is 1. The summed E-state index contributed by atoms with van der Waals surface area (Å²) < 4.78 is 36.2. The van der Waals surface area contributed by atoms with Crippen molar-refractivity contribution in [2.75, 3.05) is 0 Å². The number of alkyl halides is 3. The average Bonchev–Trinajstić information content (AvgIpc) is 2.33. The molecule has 0 bridgehead atoms. The van der Waals surface area contributed by atoms with Crippen LogP contribution in [0.1, 0.15) is 49.3 Å². The van der Waals surface area contributed by atoms with Crippen molar-refractivity contribution in [2.24, 2.45) is 0 Å². The Kier molecular flexibility index (Phi) is 9.23. The molecule has 2 nitrogen and oxygen atoms in total. The zero-order valence-electron chi connectivity index (χ0n) is 10.7. The lowest BCUT2D eigenvalue weighted by Crippen LogP contribution is -2.07. The fourth-order valence-electron chi connectivity index (χ4n) is 0.824. The summed E-state index contributed by atoms with van der Waals surface area (Å²) in [5.74, 6) is 0. The van der Waals surface area contributed by atoms with E-state index in [1.807, 2.05) is 27.7 Å². The van der Waals surface area contributed by atoms with Gasteiger partial charge in [0.1, 0.15) is 0 Å². The molecule has 1 aromatic heterocycles. The molecule has 0 aliphatic rings. The zero-order valence-corrected chi connectivity index (χ0v) is 10.7. The van der Waals surface area contributed by atoms with Crippen LogP contribution in [0.15, 0.2) is 12.3 Å². The summed E-state index contributed by atoms with van der Waals surface area (Å²) in [6.07, 6.45) is -3.38. The van der Waals surface area contributed by atoms with Gasteiger partial charge in [-0.3, -0.25) is 9.78 Å². The van der Waals surface area contributed by atoms with Crippen LogP contribution >= 0.6 is 0 Å². The standard InChI is InChI=1S/C8H6F3NO.2C2H6/c1-5-6(4-13)2-7(3-12-5)8(9,10)11;2*1-2/h2-4H,1H3;2*1-2H3. The van der Waals surface area contributed by atoms with Gasteiger partial charge in [0.25, 0.3) is 0 Å². The Morgan fingerprint density at radius 3 is 2.00 bits per heavy atom. The summed E-state index contributed by atoms with van der Waals surface area (Å²) >= 11 is 0. The summed E-state index contributed by atoms with van der Waals surface area (Å²) in [6.45, 7) is 9.48. The monoisotopic (exact) mass is 249 g/mol. The van der Waals surface area contributed by atoms with Crippen LogP contribution in [0.3, 0.4) is 0 Å². The maximum Gasteiger partial charge on any atom is 0.417 e. The summed E-state index contributed by atoms with van der Waals surface area (Å²) in [7, 11) is 0. The van der Waals surface area contributed by atoms with Gasteiger partial charge in [-0.15, -0.1) is 0 Å². The van der Waals surface area contributed by atoms with E-state index in [1.165, 1.54) is 6.92 Å². The molecule has 5 heteroatoms. The number of hydrogen-bond donors (Lipinski definition) is 0. The van der Waals surface area contributed by atoms with E-state index in [2.05, 4.69) is 4.98 Å². The fourth-order valence-corrected chi connectivity index (χ4v) is 0.824. The first-order valence-electron chi connectivity index (χ1n) is 5.44. The first-order valence-corrected chi connectivity index (χ1v) is 5.44. The average molecular weight is 249 g/mol. The van der Waals surface area contributed by atoms with Crippen molar-refractivity contribution in [1.82, 2.24) is 4.98 Å². The fraction of sp³-hybridized carbons (Fsp3) is 0.500. The third-order valence-electron chi connectivity index (χ3n) is 1.58. The molecule has 0 aliphatic heterocycles. The topological polar surface area (TPSA) is 30.0 Å². The Balaban J connectivity index is 0. The minimum atomic E-state index is -4.45. The van der Waals surface area contributed by atoms with Crippen molar-refractivity contribution >= 4 is 6.29 Å². The summed E-state index contributed by atoms with van der Waals surface area (Å²) in [5.41, 5.74) is -0.641. The molecule has 0 radical (unpaired) electrons. The minimum absolute atomic E-state index is 0.0326. The maximum atomic E-state index is 12.1. The molecule has 0 N–H and O–H groups in total. The van der Waals surface area contributed by atoms with Crippen LogP contribution in [-0.4, -0.2) is 11.3 Å². The number of carbonyl (C=O) groups excluding carboxylic acids is 1. The highest BCUT2D eigenvalue weighted by Crippen LogP contribution is 2.29. The van der Waals surface area contributed by atoms with Gasteiger partial charge in [0.15, 0.2) is 6.29 Å².